The largest absolute Gasteiger partial charge is 0.487 e. The average Bonchev–Trinajstić information content (AvgIpc) is 2.51. The molecule has 0 spiro atoms. The monoisotopic (exact) mass is 227 g/mol. The molecule has 15 heavy (non-hydrogen) atoms. The van der Waals surface area contributed by atoms with Crippen molar-refractivity contribution in [2.45, 2.75) is 26.3 Å². The van der Waals surface area contributed by atoms with Crippen LogP contribution in [0.5, 0.6) is 5.75 Å². The van der Waals surface area contributed by atoms with Gasteiger partial charge in [0.2, 0.25) is 0 Å². The number of nitrogens with zero attached hydrogens (tertiary/aromatic N) is 1. The average molecular weight is 227 g/mol. The summed E-state index contributed by atoms with van der Waals surface area (Å²) in [6.07, 6.45) is 2.77. The summed E-state index contributed by atoms with van der Waals surface area (Å²) in [6.45, 7) is 8.29. The molecule has 0 aliphatic heterocycles. The Morgan fingerprint density at radius 1 is 1.73 bits per heavy atom. The van der Waals surface area contributed by atoms with Crippen molar-refractivity contribution in [1.82, 2.24) is 4.37 Å². The number of aromatic nitrogens is 1. The zero-order valence-electron chi connectivity index (χ0n) is 9.12. The third kappa shape index (κ3) is 3.13. The molecule has 1 rings (SSSR count). The third-order valence-corrected chi connectivity index (χ3v) is 2.63. The van der Waals surface area contributed by atoms with Crippen molar-refractivity contribution >= 4 is 22.4 Å². The van der Waals surface area contributed by atoms with E-state index in [0.717, 1.165) is 11.4 Å². The Morgan fingerprint density at radius 3 is 3.07 bits per heavy atom. The van der Waals surface area contributed by atoms with Crippen LogP contribution in [0.4, 0.5) is 10.8 Å². The van der Waals surface area contributed by atoms with Gasteiger partial charge >= 0.3 is 0 Å². The van der Waals surface area contributed by atoms with Gasteiger partial charge in [0.1, 0.15) is 0 Å². The normalized spacial score (nSPS) is 12.1. The topological polar surface area (TPSA) is 60.2 Å². The van der Waals surface area contributed by atoms with Crippen LogP contribution in [0, 0.1) is 0 Å². The number of hydrogen-bond acceptors (Lipinski definition) is 5. The molecule has 0 fully saturated rings. The molecule has 0 saturated carbocycles. The lowest BCUT2D eigenvalue weighted by Gasteiger charge is -2.12. The van der Waals surface area contributed by atoms with E-state index >= 15 is 0 Å². The first-order chi connectivity index (χ1) is 7.19. The lowest BCUT2D eigenvalue weighted by Crippen LogP contribution is -2.13. The maximum Gasteiger partial charge on any atom is 0.197 e. The molecule has 0 amide bonds. The van der Waals surface area contributed by atoms with Crippen LogP contribution in [-0.2, 0) is 0 Å². The van der Waals surface area contributed by atoms with Crippen molar-refractivity contribution in [3.8, 4) is 5.75 Å². The van der Waals surface area contributed by atoms with Gasteiger partial charge < -0.3 is 15.8 Å². The number of rotatable bonds is 6. The molecule has 3 N–H and O–H groups in total. The Balaban J connectivity index is 2.71. The highest BCUT2D eigenvalue weighted by atomic mass is 32.1. The van der Waals surface area contributed by atoms with Gasteiger partial charge in [-0.25, -0.2) is 0 Å². The second-order valence-electron chi connectivity index (χ2n) is 3.23. The Kier molecular flexibility index (Phi) is 4.42. The van der Waals surface area contributed by atoms with Gasteiger partial charge in [-0.05, 0) is 31.8 Å². The van der Waals surface area contributed by atoms with Crippen LogP contribution in [0.25, 0.3) is 0 Å². The van der Waals surface area contributed by atoms with Gasteiger partial charge in [-0.15, -0.1) is 6.58 Å². The van der Waals surface area contributed by atoms with Crippen LogP contribution < -0.4 is 15.8 Å². The molecule has 0 aliphatic rings. The van der Waals surface area contributed by atoms with Gasteiger partial charge in [0.05, 0.1) is 6.61 Å². The van der Waals surface area contributed by atoms with E-state index in [2.05, 4.69) is 23.2 Å². The molecule has 1 aromatic heterocycles. The highest BCUT2D eigenvalue weighted by Gasteiger charge is 2.13. The van der Waals surface area contributed by atoms with Crippen LogP contribution in [0.15, 0.2) is 12.7 Å². The fourth-order valence-corrected chi connectivity index (χ4v) is 1.98. The molecule has 84 valence electrons. The molecule has 0 bridgehead atoms. The van der Waals surface area contributed by atoms with E-state index in [4.69, 9.17) is 10.5 Å². The van der Waals surface area contributed by atoms with Gasteiger partial charge in [-0.1, -0.05) is 6.08 Å². The van der Waals surface area contributed by atoms with Crippen molar-refractivity contribution in [3.63, 3.8) is 0 Å². The first kappa shape index (κ1) is 11.8. The molecule has 1 aromatic rings. The fourth-order valence-electron chi connectivity index (χ4n) is 1.20. The SMILES string of the molecule is C=CCC(C)Nc1snc(N)c1OCC. The summed E-state index contributed by atoms with van der Waals surface area (Å²) in [4.78, 5) is 0. The summed E-state index contributed by atoms with van der Waals surface area (Å²) in [5.74, 6) is 1.12. The molecule has 1 atom stereocenters. The summed E-state index contributed by atoms with van der Waals surface area (Å²) >= 11 is 1.32. The van der Waals surface area contributed by atoms with Gasteiger partial charge in [-0.2, -0.15) is 4.37 Å². The first-order valence-corrected chi connectivity index (χ1v) is 5.71. The minimum absolute atomic E-state index is 0.307. The van der Waals surface area contributed by atoms with Gasteiger partial charge in [-0.3, -0.25) is 0 Å². The van der Waals surface area contributed by atoms with E-state index in [1.807, 2.05) is 13.0 Å². The molecule has 4 nitrogen and oxygen atoms in total. The molecule has 0 saturated heterocycles. The first-order valence-electron chi connectivity index (χ1n) is 4.94. The Bertz CT molecular complexity index is 324. The predicted octanol–water partition coefficient (Wildman–Crippen LogP) is 2.50. The Labute approximate surface area is 94.3 Å². The Morgan fingerprint density at radius 2 is 2.47 bits per heavy atom. The molecule has 5 heteroatoms. The maximum absolute atomic E-state index is 5.69. The Hall–Kier alpha value is -1.23. The van der Waals surface area contributed by atoms with E-state index in [1.165, 1.54) is 11.5 Å². The number of nitrogens with two attached hydrogens (primary N) is 1. The lowest BCUT2D eigenvalue weighted by atomic mass is 10.2. The second-order valence-corrected chi connectivity index (χ2v) is 4.00. The zero-order chi connectivity index (χ0) is 11.3. The number of anilines is 2. The molecule has 1 heterocycles. The molecule has 0 aromatic carbocycles. The number of ether oxygens (including phenoxy) is 1. The van der Waals surface area contributed by atoms with Gasteiger partial charge in [0.25, 0.3) is 0 Å². The van der Waals surface area contributed by atoms with Crippen LogP contribution in [0.1, 0.15) is 20.3 Å². The number of nitrogen functional groups attached to an aromatic ring is 1. The molecule has 0 radical (unpaired) electrons. The van der Waals surface area contributed by atoms with Crippen molar-refractivity contribution in [1.29, 1.82) is 0 Å². The summed E-state index contributed by atoms with van der Waals surface area (Å²) in [5.41, 5.74) is 5.69. The summed E-state index contributed by atoms with van der Waals surface area (Å²) in [6, 6.07) is 0.307. The highest BCUT2D eigenvalue weighted by Crippen LogP contribution is 2.35. The van der Waals surface area contributed by atoms with Crippen LogP contribution in [0.3, 0.4) is 0 Å². The van der Waals surface area contributed by atoms with E-state index in [1.54, 1.807) is 0 Å². The minimum Gasteiger partial charge on any atom is -0.487 e. The summed E-state index contributed by atoms with van der Waals surface area (Å²) in [7, 11) is 0. The second kappa shape index (κ2) is 5.60. The van der Waals surface area contributed by atoms with E-state index < -0.39 is 0 Å². The quantitative estimate of drug-likeness (QED) is 0.733. The molecule has 0 aliphatic carbocycles. The van der Waals surface area contributed by atoms with Crippen molar-refractivity contribution in [2.24, 2.45) is 0 Å². The zero-order valence-corrected chi connectivity index (χ0v) is 9.93. The molecular weight excluding hydrogens is 210 g/mol. The van der Waals surface area contributed by atoms with Crippen LogP contribution in [-0.4, -0.2) is 17.0 Å². The standard InChI is InChI=1S/C10H17N3OS/c1-4-6-7(3)12-10-8(14-5-2)9(11)13-15-10/h4,7,12H,1,5-6H2,2-3H3,(H2,11,13). The molecular formula is C10H17N3OS. The van der Waals surface area contributed by atoms with E-state index in [0.29, 0.717) is 24.2 Å². The van der Waals surface area contributed by atoms with Crippen molar-refractivity contribution < 1.29 is 4.74 Å². The fraction of sp³-hybridized carbons (Fsp3) is 0.500. The highest BCUT2D eigenvalue weighted by molar-refractivity contribution is 7.11. The number of nitrogens with one attached hydrogen (secondary N) is 1. The lowest BCUT2D eigenvalue weighted by molar-refractivity contribution is 0.344. The van der Waals surface area contributed by atoms with E-state index in [9.17, 15) is 0 Å². The number of hydrogen-bond donors (Lipinski definition) is 2. The van der Waals surface area contributed by atoms with Crippen molar-refractivity contribution in [3.05, 3.63) is 12.7 Å². The van der Waals surface area contributed by atoms with Crippen LogP contribution in [0.2, 0.25) is 0 Å². The minimum atomic E-state index is 0.307. The van der Waals surface area contributed by atoms with Gasteiger partial charge in [0, 0.05) is 6.04 Å². The van der Waals surface area contributed by atoms with Crippen LogP contribution >= 0.6 is 11.5 Å². The predicted molar refractivity (Wildman–Crippen MR) is 65.6 cm³/mol. The maximum atomic E-state index is 5.69. The third-order valence-electron chi connectivity index (χ3n) is 1.86. The van der Waals surface area contributed by atoms with Gasteiger partial charge in [0.15, 0.2) is 16.6 Å². The smallest absolute Gasteiger partial charge is 0.197 e. The molecule has 1 unspecified atom stereocenters. The summed E-state index contributed by atoms with van der Waals surface area (Å²) < 4.78 is 9.48. The van der Waals surface area contributed by atoms with Crippen molar-refractivity contribution in [2.75, 3.05) is 17.7 Å². The summed E-state index contributed by atoms with van der Waals surface area (Å²) in [5, 5.41) is 4.19. The van der Waals surface area contributed by atoms with E-state index in [-0.39, 0.29) is 0 Å².